The largest absolute Gasteiger partial charge is 0.461 e. The average molecular weight is 258 g/mol. The van der Waals surface area contributed by atoms with Gasteiger partial charge in [0.25, 0.3) is 0 Å². The average Bonchev–Trinajstić information content (AvgIpc) is 2.55. The minimum Gasteiger partial charge on any atom is -0.403 e. The van der Waals surface area contributed by atoms with Crippen LogP contribution in [0, 0.1) is 0 Å². The molecule has 0 unspecified atom stereocenters. The summed E-state index contributed by atoms with van der Waals surface area (Å²) >= 11 is 0. The third kappa shape index (κ3) is 3.49. The number of rotatable bonds is 4. The molecule has 1 fully saturated rings. The van der Waals surface area contributed by atoms with Gasteiger partial charge in [0.2, 0.25) is 0 Å². The second-order valence-corrected chi connectivity index (χ2v) is 6.08. The fourth-order valence-corrected chi connectivity index (χ4v) is 2.10. The number of hydrogen-bond donors (Lipinski definition) is 0. The molecule has 19 heavy (non-hydrogen) atoms. The molecule has 1 aromatic rings. The molecule has 1 heterocycles. The topological polar surface area (TPSA) is 18.5 Å². The van der Waals surface area contributed by atoms with Gasteiger partial charge in [0.05, 0.1) is 11.2 Å². The number of allylic oxidation sites excluding steroid dienone is 2. The molecule has 0 saturated carbocycles. The molecule has 1 aliphatic rings. The highest BCUT2D eigenvalue weighted by Gasteiger charge is 2.50. The zero-order valence-electron chi connectivity index (χ0n) is 12.3. The van der Waals surface area contributed by atoms with E-state index >= 15 is 0 Å². The predicted octanol–water partition coefficient (Wildman–Crippen LogP) is 3.88. The van der Waals surface area contributed by atoms with Gasteiger partial charge in [0.15, 0.2) is 0 Å². The summed E-state index contributed by atoms with van der Waals surface area (Å²) in [5, 5.41) is 0. The Hall–Kier alpha value is -1.06. The summed E-state index contributed by atoms with van der Waals surface area (Å²) in [6.45, 7) is 8.34. The highest BCUT2D eigenvalue weighted by molar-refractivity contribution is 6.46. The molecule has 0 amide bonds. The van der Waals surface area contributed by atoms with E-state index in [1.165, 1.54) is 5.56 Å². The summed E-state index contributed by atoms with van der Waals surface area (Å²) in [4.78, 5) is 0. The van der Waals surface area contributed by atoms with Crippen LogP contribution in [0.25, 0.3) is 0 Å². The van der Waals surface area contributed by atoms with Crippen LogP contribution in [0.5, 0.6) is 0 Å². The van der Waals surface area contributed by atoms with Gasteiger partial charge in [-0.3, -0.25) is 0 Å². The van der Waals surface area contributed by atoms with Crippen molar-refractivity contribution in [2.75, 3.05) is 0 Å². The maximum atomic E-state index is 5.94. The van der Waals surface area contributed by atoms with Gasteiger partial charge in [-0.1, -0.05) is 42.5 Å². The van der Waals surface area contributed by atoms with Gasteiger partial charge in [-0.2, -0.15) is 0 Å². The van der Waals surface area contributed by atoms with Crippen molar-refractivity contribution in [2.45, 2.75) is 51.6 Å². The molecule has 0 N–H and O–H groups in total. The van der Waals surface area contributed by atoms with E-state index in [1.807, 2.05) is 6.07 Å². The first-order chi connectivity index (χ1) is 8.91. The number of benzene rings is 1. The van der Waals surface area contributed by atoms with Crippen LogP contribution in [-0.4, -0.2) is 18.3 Å². The first-order valence-electron chi connectivity index (χ1n) is 6.95. The molecule has 0 aromatic heterocycles. The van der Waals surface area contributed by atoms with E-state index in [2.05, 4.69) is 64.1 Å². The Kier molecular flexibility index (Phi) is 4.17. The maximum Gasteiger partial charge on any atom is 0.461 e. The van der Waals surface area contributed by atoms with Gasteiger partial charge < -0.3 is 9.31 Å². The number of hydrogen-bond acceptors (Lipinski definition) is 2. The third-order valence-electron chi connectivity index (χ3n) is 3.99. The van der Waals surface area contributed by atoms with Crippen molar-refractivity contribution in [2.24, 2.45) is 0 Å². The van der Waals surface area contributed by atoms with Gasteiger partial charge in [0, 0.05) is 6.32 Å². The molecule has 2 nitrogen and oxygen atoms in total. The van der Waals surface area contributed by atoms with Crippen molar-refractivity contribution < 1.29 is 9.31 Å². The Morgan fingerprint density at radius 1 is 0.947 bits per heavy atom. The van der Waals surface area contributed by atoms with Crippen LogP contribution in [0.4, 0.5) is 0 Å². The van der Waals surface area contributed by atoms with Crippen LogP contribution >= 0.6 is 0 Å². The fourth-order valence-electron chi connectivity index (χ4n) is 2.10. The fraction of sp³-hybridized carbons (Fsp3) is 0.500. The summed E-state index contributed by atoms with van der Waals surface area (Å²) in [6, 6.07) is 10.4. The van der Waals surface area contributed by atoms with E-state index in [0.29, 0.717) is 0 Å². The zero-order chi connectivity index (χ0) is 13.9. The molecule has 0 atom stereocenters. The SMILES string of the molecule is CC1(C)OB(C/C=C\Cc2ccccc2)OC1(C)C. The summed E-state index contributed by atoms with van der Waals surface area (Å²) in [5.41, 5.74) is 0.864. The van der Waals surface area contributed by atoms with Crippen LogP contribution in [-0.2, 0) is 15.7 Å². The Balaban J connectivity index is 1.81. The van der Waals surface area contributed by atoms with Gasteiger partial charge in [-0.25, -0.2) is 0 Å². The van der Waals surface area contributed by atoms with Crippen molar-refractivity contribution in [3.05, 3.63) is 48.0 Å². The van der Waals surface area contributed by atoms with Crippen molar-refractivity contribution in [1.29, 1.82) is 0 Å². The zero-order valence-corrected chi connectivity index (χ0v) is 12.3. The second kappa shape index (κ2) is 5.52. The van der Waals surface area contributed by atoms with Gasteiger partial charge in [-0.15, -0.1) is 0 Å². The van der Waals surface area contributed by atoms with Gasteiger partial charge >= 0.3 is 7.12 Å². The van der Waals surface area contributed by atoms with Gasteiger partial charge in [0.1, 0.15) is 0 Å². The molecular weight excluding hydrogens is 235 g/mol. The minimum atomic E-state index is -0.231. The molecule has 102 valence electrons. The van der Waals surface area contributed by atoms with E-state index in [9.17, 15) is 0 Å². The normalized spacial score (nSPS) is 21.2. The van der Waals surface area contributed by atoms with Crippen molar-refractivity contribution >= 4 is 7.12 Å². The molecule has 0 aliphatic carbocycles. The Morgan fingerprint density at radius 3 is 2.11 bits per heavy atom. The van der Waals surface area contributed by atoms with Crippen molar-refractivity contribution in [3.63, 3.8) is 0 Å². The molecule has 3 heteroatoms. The van der Waals surface area contributed by atoms with Crippen LogP contribution in [0.2, 0.25) is 6.32 Å². The highest BCUT2D eigenvalue weighted by Crippen LogP contribution is 2.37. The quantitative estimate of drug-likeness (QED) is 0.602. The lowest BCUT2D eigenvalue weighted by atomic mass is 9.84. The smallest absolute Gasteiger partial charge is 0.403 e. The van der Waals surface area contributed by atoms with Crippen LogP contribution < -0.4 is 0 Å². The predicted molar refractivity (Wildman–Crippen MR) is 80.2 cm³/mol. The van der Waals surface area contributed by atoms with Crippen LogP contribution in [0.1, 0.15) is 33.3 Å². The maximum absolute atomic E-state index is 5.94. The molecule has 0 bridgehead atoms. The van der Waals surface area contributed by atoms with E-state index in [0.717, 1.165) is 12.7 Å². The minimum absolute atomic E-state index is 0.128. The van der Waals surface area contributed by atoms with Crippen molar-refractivity contribution in [1.82, 2.24) is 0 Å². The van der Waals surface area contributed by atoms with Gasteiger partial charge in [-0.05, 0) is 39.7 Å². The standard InChI is InChI=1S/C16H23BO2/c1-15(2)16(3,4)19-17(18-15)13-9-8-12-14-10-6-5-7-11-14/h5-11H,12-13H2,1-4H3/b9-8-. The van der Waals surface area contributed by atoms with Crippen LogP contribution in [0.15, 0.2) is 42.5 Å². The first kappa shape index (κ1) is 14.4. The van der Waals surface area contributed by atoms with E-state index < -0.39 is 0 Å². The molecular formula is C16H23BO2. The Bertz CT molecular complexity index is 421. The molecule has 1 aliphatic heterocycles. The summed E-state index contributed by atoms with van der Waals surface area (Å²) in [7, 11) is -0.128. The molecule has 1 aromatic carbocycles. The second-order valence-electron chi connectivity index (χ2n) is 6.08. The first-order valence-corrected chi connectivity index (χ1v) is 6.95. The third-order valence-corrected chi connectivity index (χ3v) is 3.99. The summed E-state index contributed by atoms with van der Waals surface area (Å²) < 4.78 is 11.9. The molecule has 0 spiro atoms. The van der Waals surface area contributed by atoms with Crippen molar-refractivity contribution in [3.8, 4) is 0 Å². The van der Waals surface area contributed by atoms with E-state index in [-0.39, 0.29) is 18.3 Å². The molecule has 1 saturated heterocycles. The van der Waals surface area contributed by atoms with E-state index in [1.54, 1.807) is 0 Å². The lowest BCUT2D eigenvalue weighted by Crippen LogP contribution is -2.41. The highest BCUT2D eigenvalue weighted by atomic mass is 16.7. The van der Waals surface area contributed by atoms with E-state index in [4.69, 9.17) is 9.31 Å². The Labute approximate surface area is 117 Å². The molecule has 0 radical (unpaired) electrons. The monoisotopic (exact) mass is 258 g/mol. The lowest BCUT2D eigenvalue weighted by molar-refractivity contribution is 0.00578. The summed E-state index contributed by atoms with van der Waals surface area (Å²) in [6.07, 6.45) is 6.09. The van der Waals surface area contributed by atoms with Crippen LogP contribution in [0.3, 0.4) is 0 Å². The Morgan fingerprint density at radius 2 is 1.53 bits per heavy atom. The summed E-state index contributed by atoms with van der Waals surface area (Å²) in [5.74, 6) is 0. The molecule has 2 rings (SSSR count). The lowest BCUT2D eigenvalue weighted by Gasteiger charge is -2.32.